The molecule has 0 spiro atoms. The van der Waals surface area contributed by atoms with Gasteiger partial charge in [0, 0.05) is 11.6 Å². The molecular weight excluding hydrogens is 390 g/mol. The summed E-state index contributed by atoms with van der Waals surface area (Å²) in [5.74, 6) is -1.83. The number of benzene rings is 2. The Morgan fingerprint density at radius 2 is 2.11 bits per heavy atom. The van der Waals surface area contributed by atoms with E-state index < -0.39 is 17.5 Å². The van der Waals surface area contributed by atoms with Gasteiger partial charge in [-0.2, -0.15) is 10.1 Å². The van der Waals surface area contributed by atoms with Crippen molar-refractivity contribution >= 4 is 35.5 Å². The number of phenols is 1. The lowest BCUT2D eigenvalue weighted by molar-refractivity contribution is -0.113. The number of nitrogens with zero attached hydrogens (tertiary/aromatic N) is 3. The number of anilines is 2. The molecule has 11 heteroatoms. The van der Waals surface area contributed by atoms with Crippen LogP contribution in [-0.4, -0.2) is 38.2 Å². The third kappa shape index (κ3) is 5.27. The fraction of sp³-hybridized carbons (Fsp3) is 0.0588. The minimum atomic E-state index is -0.856. The summed E-state index contributed by atoms with van der Waals surface area (Å²) in [6.07, 6.45) is 1.41. The van der Waals surface area contributed by atoms with Gasteiger partial charge in [0.2, 0.25) is 17.0 Å². The Hall–Kier alpha value is -3.47. The van der Waals surface area contributed by atoms with E-state index in [4.69, 9.17) is 0 Å². The molecule has 0 unspecified atom stereocenters. The number of halogens is 2. The summed E-state index contributed by atoms with van der Waals surface area (Å²) in [5.41, 5.74) is 3.02. The standard InChI is InChI=1S/C17H14F2N6O2S/c18-11-5-6-13(12(19)7-11)21-15(27)9-28-17-22-16(24-25-17)23-20-8-10-3-1-2-4-14(10)26/h1-8,26H,9H2,(H,21,27)(H2,22,23,24,25)/b20-8+. The molecule has 1 heterocycles. The van der Waals surface area contributed by atoms with Crippen LogP contribution in [-0.2, 0) is 4.79 Å². The topological polar surface area (TPSA) is 115 Å². The third-order valence-electron chi connectivity index (χ3n) is 3.31. The summed E-state index contributed by atoms with van der Waals surface area (Å²) in [4.78, 5) is 15.9. The predicted octanol–water partition coefficient (Wildman–Crippen LogP) is 2.97. The molecule has 0 radical (unpaired) electrons. The molecule has 0 fully saturated rings. The van der Waals surface area contributed by atoms with Crippen LogP contribution in [0.25, 0.3) is 0 Å². The minimum absolute atomic E-state index is 0.0741. The lowest BCUT2D eigenvalue weighted by atomic mass is 10.2. The fourth-order valence-corrected chi connectivity index (χ4v) is 2.63. The molecule has 144 valence electrons. The van der Waals surface area contributed by atoms with E-state index in [2.05, 4.69) is 31.0 Å². The van der Waals surface area contributed by atoms with Crippen molar-refractivity contribution in [3.8, 4) is 5.75 Å². The monoisotopic (exact) mass is 404 g/mol. The summed E-state index contributed by atoms with van der Waals surface area (Å²) in [7, 11) is 0. The van der Waals surface area contributed by atoms with Gasteiger partial charge in [0.1, 0.15) is 17.4 Å². The van der Waals surface area contributed by atoms with Gasteiger partial charge in [0.25, 0.3) is 0 Å². The second-order valence-corrected chi connectivity index (χ2v) is 6.30. The molecule has 0 bridgehead atoms. The number of carbonyl (C=O) groups is 1. The molecule has 0 aliphatic heterocycles. The summed E-state index contributed by atoms with van der Waals surface area (Å²) < 4.78 is 26.4. The number of thioether (sulfide) groups is 1. The molecule has 3 aromatic rings. The Morgan fingerprint density at radius 1 is 1.29 bits per heavy atom. The summed E-state index contributed by atoms with van der Waals surface area (Å²) in [6, 6.07) is 9.55. The van der Waals surface area contributed by atoms with Gasteiger partial charge in [-0.3, -0.25) is 4.79 Å². The van der Waals surface area contributed by atoms with Crippen molar-refractivity contribution in [2.45, 2.75) is 5.16 Å². The first-order valence-corrected chi connectivity index (χ1v) is 8.87. The van der Waals surface area contributed by atoms with E-state index in [1.54, 1.807) is 18.2 Å². The zero-order valence-corrected chi connectivity index (χ0v) is 15.0. The summed E-state index contributed by atoms with van der Waals surface area (Å²) in [5, 5.41) is 22.7. The Balaban J connectivity index is 1.49. The molecule has 0 saturated carbocycles. The average Bonchev–Trinajstić information content (AvgIpc) is 3.12. The number of rotatable bonds is 7. The van der Waals surface area contributed by atoms with Gasteiger partial charge < -0.3 is 10.4 Å². The molecule has 2 aromatic carbocycles. The number of aromatic amines is 1. The first-order chi connectivity index (χ1) is 13.5. The van der Waals surface area contributed by atoms with Crippen molar-refractivity contribution in [1.82, 2.24) is 15.2 Å². The highest BCUT2D eigenvalue weighted by molar-refractivity contribution is 7.99. The highest BCUT2D eigenvalue weighted by Crippen LogP contribution is 2.18. The zero-order valence-electron chi connectivity index (χ0n) is 14.2. The van der Waals surface area contributed by atoms with Gasteiger partial charge in [-0.1, -0.05) is 23.9 Å². The Bertz CT molecular complexity index is 1010. The highest BCUT2D eigenvalue weighted by atomic mass is 32.2. The molecule has 1 aromatic heterocycles. The lowest BCUT2D eigenvalue weighted by Gasteiger charge is -2.05. The van der Waals surface area contributed by atoms with Gasteiger partial charge in [0.15, 0.2) is 0 Å². The van der Waals surface area contributed by atoms with Crippen molar-refractivity contribution in [3.05, 3.63) is 59.7 Å². The summed E-state index contributed by atoms with van der Waals surface area (Å²) >= 11 is 1.02. The molecule has 0 aliphatic rings. The smallest absolute Gasteiger partial charge is 0.240 e. The number of carbonyl (C=O) groups excluding carboxylic acids is 1. The van der Waals surface area contributed by atoms with E-state index in [9.17, 15) is 18.7 Å². The maximum atomic E-state index is 13.5. The van der Waals surface area contributed by atoms with Crippen molar-refractivity contribution in [1.29, 1.82) is 0 Å². The van der Waals surface area contributed by atoms with E-state index >= 15 is 0 Å². The second-order valence-electron chi connectivity index (χ2n) is 5.36. The number of para-hydroxylation sites is 1. The molecule has 8 nitrogen and oxygen atoms in total. The van der Waals surface area contributed by atoms with Crippen LogP contribution in [0, 0.1) is 11.6 Å². The zero-order chi connectivity index (χ0) is 19.9. The SMILES string of the molecule is O=C(CSc1n[nH]c(N/N=C/c2ccccc2O)n1)Nc1ccc(F)cc1F. The van der Waals surface area contributed by atoms with Crippen LogP contribution in [0.2, 0.25) is 0 Å². The van der Waals surface area contributed by atoms with Gasteiger partial charge in [0.05, 0.1) is 17.7 Å². The van der Waals surface area contributed by atoms with Crippen LogP contribution in [0.5, 0.6) is 5.75 Å². The van der Waals surface area contributed by atoms with Gasteiger partial charge >= 0.3 is 0 Å². The van der Waals surface area contributed by atoms with Crippen LogP contribution < -0.4 is 10.7 Å². The first-order valence-electron chi connectivity index (χ1n) is 7.88. The number of aromatic hydroxyl groups is 1. The number of H-pyrrole nitrogens is 1. The number of phenolic OH excluding ortho intramolecular Hbond substituents is 1. The predicted molar refractivity (Wildman–Crippen MR) is 101 cm³/mol. The molecule has 0 aliphatic carbocycles. The number of hydrogen-bond acceptors (Lipinski definition) is 7. The van der Waals surface area contributed by atoms with Crippen LogP contribution in [0.3, 0.4) is 0 Å². The maximum Gasteiger partial charge on any atom is 0.240 e. The van der Waals surface area contributed by atoms with E-state index in [0.717, 1.165) is 23.9 Å². The Morgan fingerprint density at radius 3 is 2.89 bits per heavy atom. The summed E-state index contributed by atoms with van der Waals surface area (Å²) in [6.45, 7) is 0. The Kier molecular flexibility index (Phi) is 6.17. The largest absolute Gasteiger partial charge is 0.507 e. The molecule has 28 heavy (non-hydrogen) atoms. The van der Waals surface area contributed by atoms with E-state index in [-0.39, 0.29) is 28.3 Å². The third-order valence-corrected chi connectivity index (χ3v) is 4.16. The molecule has 0 saturated heterocycles. The van der Waals surface area contributed by atoms with Crippen LogP contribution >= 0.6 is 11.8 Å². The van der Waals surface area contributed by atoms with Gasteiger partial charge in [-0.05, 0) is 24.3 Å². The maximum absolute atomic E-state index is 13.5. The van der Waals surface area contributed by atoms with Gasteiger partial charge in [-0.25, -0.2) is 19.3 Å². The normalized spacial score (nSPS) is 10.9. The Labute approximate surface area is 162 Å². The number of aromatic nitrogens is 3. The van der Waals surface area contributed by atoms with Crippen molar-refractivity contribution in [2.24, 2.45) is 5.10 Å². The first kappa shape index (κ1) is 19.3. The average molecular weight is 404 g/mol. The molecule has 4 N–H and O–H groups in total. The number of nitrogens with one attached hydrogen (secondary N) is 3. The second kappa shape index (κ2) is 8.95. The van der Waals surface area contributed by atoms with Crippen LogP contribution in [0.1, 0.15) is 5.56 Å². The quantitative estimate of drug-likeness (QED) is 0.273. The van der Waals surface area contributed by atoms with Gasteiger partial charge in [-0.15, -0.1) is 5.10 Å². The highest BCUT2D eigenvalue weighted by Gasteiger charge is 2.10. The molecule has 1 amide bonds. The van der Waals surface area contributed by atoms with E-state index in [1.807, 2.05) is 0 Å². The minimum Gasteiger partial charge on any atom is -0.507 e. The molecule has 3 rings (SSSR count). The van der Waals surface area contributed by atoms with Crippen LogP contribution in [0.15, 0.2) is 52.7 Å². The van der Waals surface area contributed by atoms with Crippen molar-refractivity contribution in [3.63, 3.8) is 0 Å². The van der Waals surface area contributed by atoms with E-state index in [0.29, 0.717) is 11.6 Å². The van der Waals surface area contributed by atoms with E-state index in [1.165, 1.54) is 12.3 Å². The van der Waals surface area contributed by atoms with Crippen molar-refractivity contribution < 1.29 is 18.7 Å². The number of amides is 1. The van der Waals surface area contributed by atoms with Crippen molar-refractivity contribution in [2.75, 3.05) is 16.5 Å². The number of hydrazone groups is 1. The molecular formula is C17H14F2N6O2S. The lowest BCUT2D eigenvalue weighted by Crippen LogP contribution is -2.15. The molecule has 0 atom stereocenters. The number of hydrogen-bond donors (Lipinski definition) is 4. The van der Waals surface area contributed by atoms with Crippen LogP contribution in [0.4, 0.5) is 20.4 Å². The fourth-order valence-electron chi connectivity index (χ4n) is 2.03.